The number of benzene rings is 2. The Labute approximate surface area is 173 Å². The SMILES string of the molecule is CC(NC(=O)c1csc(N2CCN(c3ccccc3F)CC2)n1)c1ccccc1. The van der Waals surface area contributed by atoms with E-state index in [1.54, 1.807) is 11.4 Å². The molecule has 1 unspecified atom stereocenters. The van der Waals surface area contributed by atoms with Crippen molar-refractivity contribution in [2.75, 3.05) is 36.0 Å². The molecule has 0 spiro atoms. The van der Waals surface area contributed by atoms with E-state index >= 15 is 0 Å². The highest BCUT2D eigenvalue weighted by Gasteiger charge is 2.22. The largest absolute Gasteiger partial charge is 0.366 e. The van der Waals surface area contributed by atoms with Gasteiger partial charge in [-0.1, -0.05) is 42.5 Å². The minimum Gasteiger partial charge on any atom is -0.366 e. The van der Waals surface area contributed by atoms with E-state index in [-0.39, 0.29) is 17.8 Å². The van der Waals surface area contributed by atoms with E-state index in [4.69, 9.17) is 0 Å². The van der Waals surface area contributed by atoms with Crippen LogP contribution in [0.4, 0.5) is 15.2 Å². The molecular formula is C22H23FN4OS. The van der Waals surface area contributed by atoms with Crippen molar-refractivity contribution < 1.29 is 9.18 Å². The minimum absolute atomic E-state index is 0.0850. The van der Waals surface area contributed by atoms with Gasteiger partial charge in [0.1, 0.15) is 11.5 Å². The predicted octanol–water partition coefficient (Wildman–Crippen LogP) is 4.10. The number of rotatable bonds is 5. The summed E-state index contributed by atoms with van der Waals surface area (Å²) in [4.78, 5) is 21.3. The molecule has 1 aromatic heterocycles. The average Bonchev–Trinajstić information content (AvgIpc) is 3.25. The van der Waals surface area contributed by atoms with Crippen molar-refractivity contribution in [2.24, 2.45) is 0 Å². The Bertz CT molecular complexity index is 970. The Hall–Kier alpha value is -2.93. The fourth-order valence-electron chi connectivity index (χ4n) is 3.46. The van der Waals surface area contributed by atoms with Gasteiger partial charge in [-0.05, 0) is 24.6 Å². The van der Waals surface area contributed by atoms with Gasteiger partial charge in [-0.3, -0.25) is 4.79 Å². The Balaban J connectivity index is 1.36. The number of aromatic nitrogens is 1. The highest BCUT2D eigenvalue weighted by atomic mass is 32.1. The zero-order valence-corrected chi connectivity index (χ0v) is 17.0. The lowest BCUT2D eigenvalue weighted by Crippen LogP contribution is -2.46. The number of amides is 1. The number of para-hydroxylation sites is 1. The smallest absolute Gasteiger partial charge is 0.271 e. The molecule has 3 aromatic rings. The molecule has 1 saturated heterocycles. The molecule has 7 heteroatoms. The van der Waals surface area contributed by atoms with Crippen LogP contribution >= 0.6 is 11.3 Å². The van der Waals surface area contributed by atoms with Crippen LogP contribution in [0.3, 0.4) is 0 Å². The predicted molar refractivity (Wildman–Crippen MR) is 115 cm³/mol. The monoisotopic (exact) mass is 410 g/mol. The fraction of sp³-hybridized carbons (Fsp3) is 0.273. The number of halogens is 1. The third-order valence-corrected chi connectivity index (χ3v) is 6.02. The minimum atomic E-state index is -0.193. The molecule has 1 atom stereocenters. The topological polar surface area (TPSA) is 48.5 Å². The number of carbonyl (C=O) groups excluding carboxylic acids is 1. The Morgan fingerprint density at radius 2 is 1.69 bits per heavy atom. The van der Waals surface area contributed by atoms with Crippen molar-refractivity contribution in [3.63, 3.8) is 0 Å². The second-order valence-electron chi connectivity index (χ2n) is 7.05. The van der Waals surface area contributed by atoms with Gasteiger partial charge in [-0.2, -0.15) is 0 Å². The first-order chi connectivity index (χ1) is 14.1. The molecule has 0 bridgehead atoms. The standard InChI is InChI=1S/C22H23FN4OS/c1-16(17-7-3-2-4-8-17)24-21(28)19-15-29-22(25-19)27-13-11-26(12-14-27)20-10-6-5-9-18(20)23/h2-10,15-16H,11-14H2,1H3,(H,24,28). The second-order valence-corrected chi connectivity index (χ2v) is 7.88. The van der Waals surface area contributed by atoms with Crippen LogP contribution in [0, 0.1) is 5.82 Å². The summed E-state index contributed by atoms with van der Waals surface area (Å²) in [6.07, 6.45) is 0. The summed E-state index contributed by atoms with van der Waals surface area (Å²) in [5.41, 5.74) is 2.13. The van der Waals surface area contributed by atoms with Crippen LogP contribution in [0.5, 0.6) is 0 Å². The van der Waals surface area contributed by atoms with E-state index in [1.165, 1.54) is 17.4 Å². The van der Waals surface area contributed by atoms with E-state index in [2.05, 4.69) is 20.1 Å². The summed E-state index contributed by atoms with van der Waals surface area (Å²) < 4.78 is 14.0. The number of thiazole rings is 1. The highest BCUT2D eigenvalue weighted by molar-refractivity contribution is 7.13. The third kappa shape index (κ3) is 4.40. The number of hydrogen-bond donors (Lipinski definition) is 1. The van der Waals surface area contributed by atoms with Crippen molar-refractivity contribution in [1.29, 1.82) is 0 Å². The van der Waals surface area contributed by atoms with Crippen molar-refractivity contribution in [3.8, 4) is 0 Å². The van der Waals surface area contributed by atoms with Crippen LogP contribution in [0.15, 0.2) is 60.0 Å². The first-order valence-corrected chi connectivity index (χ1v) is 10.6. The Morgan fingerprint density at radius 1 is 1.03 bits per heavy atom. The normalized spacial score (nSPS) is 15.2. The molecule has 0 aliphatic carbocycles. The number of carbonyl (C=O) groups is 1. The second kappa shape index (κ2) is 8.61. The molecule has 29 heavy (non-hydrogen) atoms. The number of piperazine rings is 1. The van der Waals surface area contributed by atoms with Crippen molar-refractivity contribution in [1.82, 2.24) is 10.3 Å². The lowest BCUT2D eigenvalue weighted by atomic mass is 10.1. The molecule has 1 aliphatic rings. The zero-order chi connectivity index (χ0) is 20.2. The van der Waals surface area contributed by atoms with E-state index in [1.807, 2.05) is 49.4 Å². The van der Waals surface area contributed by atoms with Crippen LogP contribution in [-0.4, -0.2) is 37.1 Å². The molecule has 1 fully saturated rings. The van der Waals surface area contributed by atoms with Gasteiger partial charge >= 0.3 is 0 Å². The molecule has 0 radical (unpaired) electrons. The van der Waals surface area contributed by atoms with Gasteiger partial charge in [-0.25, -0.2) is 9.37 Å². The molecule has 1 N–H and O–H groups in total. The van der Waals surface area contributed by atoms with Gasteiger partial charge in [0, 0.05) is 31.6 Å². The molecule has 5 nitrogen and oxygen atoms in total. The van der Waals surface area contributed by atoms with Crippen LogP contribution in [0.25, 0.3) is 0 Å². The molecule has 4 rings (SSSR count). The van der Waals surface area contributed by atoms with Crippen molar-refractivity contribution in [3.05, 3.63) is 77.1 Å². The Morgan fingerprint density at radius 3 is 2.41 bits per heavy atom. The van der Waals surface area contributed by atoms with E-state index < -0.39 is 0 Å². The van der Waals surface area contributed by atoms with Crippen LogP contribution in [0.1, 0.15) is 29.0 Å². The van der Waals surface area contributed by atoms with E-state index in [9.17, 15) is 9.18 Å². The van der Waals surface area contributed by atoms with Gasteiger partial charge in [0.25, 0.3) is 5.91 Å². The summed E-state index contributed by atoms with van der Waals surface area (Å²) in [6.45, 7) is 4.87. The highest BCUT2D eigenvalue weighted by Crippen LogP contribution is 2.25. The van der Waals surface area contributed by atoms with Crippen LogP contribution in [-0.2, 0) is 0 Å². The molecule has 0 saturated carbocycles. The van der Waals surface area contributed by atoms with Crippen LogP contribution in [0.2, 0.25) is 0 Å². The number of anilines is 2. The van der Waals surface area contributed by atoms with Crippen molar-refractivity contribution in [2.45, 2.75) is 13.0 Å². The first kappa shape index (κ1) is 19.4. The fourth-order valence-corrected chi connectivity index (χ4v) is 4.32. The maximum Gasteiger partial charge on any atom is 0.271 e. The summed E-state index contributed by atoms with van der Waals surface area (Å²) in [6, 6.07) is 16.6. The number of nitrogens with one attached hydrogen (secondary N) is 1. The molecule has 150 valence electrons. The lowest BCUT2D eigenvalue weighted by molar-refractivity contribution is 0.0935. The summed E-state index contributed by atoms with van der Waals surface area (Å²) in [7, 11) is 0. The van der Waals surface area contributed by atoms with Gasteiger partial charge in [-0.15, -0.1) is 11.3 Å². The van der Waals surface area contributed by atoms with Gasteiger partial charge < -0.3 is 15.1 Å². The number of hydrogen-bond acceptors (Lipinski definition) is 5. The summed E-state index contributed by atoms with van der Waals surface area (Å²) in [5.74, 6) is -0.365. The molecule has 2 heterocycles. The third-order valence-electron chi connectivity index (χ3n) is 5.12. The van der Waals surface area contributed by atoms with Gasteiger partial charge in [0.05, 0.1) is 11.7 Å². The maximum atomic E-state index is 14.0. The van der Waals surface area contributed by atoms with Gasteiger partial charge in [0.15, 0.2) is 5.13 Å². The summed E-state index contributed by atoms with van der Waals surface area (Å²) in [5, 5.41) is 5.63. The first-order valence-electron chi connectivity index (χ1n) is 9.67. The van der Waals surface area contributed by atoms with E-state index in [0.29, 0.717) is 24.5 Å². The molecular weight excluding hydrogens is 387 g/mol. The Kier molecular flexibility index (Phi) is 5.76. The maximum absolute atomic E-state index is 14.0. The zero-order valence-electron chi connectivity index (χ0n) is 16.2. The number of nitrogens with zero attached hydrogens (tertiary/aromatic N) is 3. The average molecular weight is 411 g/mol. The van der Waals surface area contributed by atoms with Crippen LogP contribution < -0.4 is 15.1 Å². The molecule has 1 aliphatic heterocycles. The quantitative estimate of drug-likeness (QED) is 0.688. The summed E-state index contributed by atoms with van der Waals surface area (Å²) >= 11 is 1.47. The van der Waals surface area contributed by atoms with E-state index in [0.717, 1.165) is 23.8 Å². The van der Waals surface area contributed by atoms with Gasteiger partial charge in [0.2, 0.25) is 0 Å². The molecule has 2 aromatic carbocycles. The molecule has 1 amide bonds. The lowest BCUT2D eigenvalue weighted by Gasteiger charge is -2.36. The van der Waals surface area contributed by atoms with Crippen molar-refractivity contribution >= 4 is 28.1 Å².